The van der Waals surface area contributed by atoms with Gasteiger partial charge in [0.15, 0.2) is 0 Å². The van der Waals surface area contributed by atoms with Crippen LogP contribution in [0.25, 0.3) is 0 Å². The fraction of sp³-hybridized carbons (Fsp3) is 0.429. The van der Waals surface area contributed by atoms with Gasteiger partial charge in [0.05, 0.1) is 13.1 Å². The largest absolute Gasteiger partial charge is 0.480 e. The van der Waals surface area contributed by atoms with E-state index < -0.39 is 5.97 Å². The summed E-state index contributed by atoms with van der Waals surface area (Å²) in [5.74, 6) is -1.13. The highest BCUT2D eigenvalue weighted by Gasteiger charge is 2.13. The van der Waals surface area contributed by atoms with Crippen LogP contribution in [0.15, 0.2) is 18.2 Å². The first-order valence-corrected chi connectivity index (χ1v) is 6.23. The van der Waals surface area contributed by atoms with Gasteiger partial charge < -0.3 is 10.4 Å². The van der Waals surface area contributed by atoms with E-state index in [1.807, 2.05) is 39.0 Å². The van der Waals surface area contributed by atoms with Crippen molar-refractivity contribution in [2.24, 2.45) is 0 Å². The third-order valence-electron chi connectivity index (χ3n) is 2.84. The van der Waals surface area contributed by atoms with Crippen molar-refractivity contribution in [1.29, 1.82) is 0 Å². The van der Waals surface area contributed by atoms with E-state index >= 15 is 0 Å². The van der Waals surface area contributed by atoms with Crippen LogP contribution >= 0.6 is 0 Å². The van der Waals surface area contributed by atoms with Gasteiger partial charge in [-0.05, 0) is 37.6 Å². The number of amides is 1. The molecule has 0 spiro atoms. The minimum atomic E-state index is -0.929. The van der Waals surface area contributed by atoms with Gasteiger partial charge in [-0.25, -0.2) is 0 Å². The second-order valence-corrected chi connectivity index (χ2v) is 4.56. The Balaban J connectivity index is 2.63. The molecule has 0 atom stereocenters. The van der Waals surface area contributed by atoms with Gasteiger partial charge in [-0.1, -0.05) is 19.1 Å². The Morgan fingerprint density at radius 1 is 1.26 bits per heavy atom. The number of likely N-dealkylation sites (N-methyl/N-ethyl adjacent to an activating group) is 1. The molecule has 5 nitrogen and oxygen atoms in total. The molecule has 0 heterocycles. The van der Waals surface area contributed by atoms with E-state index in [-0.39, 0.29) is 19.0 Å². The van der Waals surface area contributed by atoms with Crippen LogP contribution in [0.4, 0.5) is 5.69 Å². The lowest BCUT2D eigenvalue weighted by atomic mass is 10.1. The molecule has 104 valence electrons. The highest BCUT2D eigenvalue weighted by molar-refractivity contribution is 5.93. The van der Waals surface area contributed by atoms with Gasteiger partial charge in [-0.2, -0.15) is 0 Å². The number of benzene rings is 1. The number of hydrogen-bond acceptors (Lipinski definition) is 3. The fourth-order valence-electron chi connectivity index (χ4n) is 1.73. The van der Waals surface area contributed by atoms with E-state index in [9.17, 15) is 9.59 Å². The minimum Gasteiger partial charge on any atom is -0.480 e. The van der Waals surface area contributed by atoms with Crippen LogP contribution in [0.1, 0.15) is 18.1 Å². The SMILES string of the molecule is CCN(CC(=O)O)CC(=O)Nc1cc(C)ccc1C. The summed E-state index contributed by atoms with van der Waals surface area (Å²) in [6, 6.07) is 5.83. The van der Waals surface area contributed by atoms with Gasteiger partial charge in [-0.15, -0.1) is 0 Å². The van der Waals surface area contributed by atoms with Crippen molar-refractivity contribution in [3.05, 3.63) is 29.3 Å². The summed E-state index contributed by atoms with van der Waals surface area (Å²) in [6.07, 6.45) is 0. The minimum absolute atomic E-state index is 0.0795. The summed E-state index contributed by atoms with van der Waals surface area (Å²) < 4.78 is 0. The first kappa shape index (κ1) is 15.2. The predicted molar refractivity (Wildman–Crippen MR) is 74.3 cm³/mol. The highest BCUT2D eigenvalue weighted by atomic mass is 16.4. The quantitative estimate of drug-likeness (QED) is 0.819. The monoisotopic (exact) mass is 264 g/mol. The average Bonchev–Trinajstić information content (AvgIpc) is 2.32. The molecule has 0 aromatic heterocycles. The fourth-order valence-corrected chi connectivity index (χ4v) is 1.73. The van der Waals surface area contributed by atoms with Crippen molar-refractivity contribution in [2.45, 2.75) is 20.8 Å². The zero-order chi connectivity index (χ0) is 14.4. The molecule has 0 fully saturated rings. The number of carboxylic acids is 1. The van der Waals surface area contributed by atoms with Crippen molar-refractivity contribution in [3.63, 3.8) is 0 Å². The van der Waals surface area contributed by atoms with Gasteiger partial charge in [0.1, 0.15) is 0 Å². The van der Waals surface area contributed by atoms with Gasteiger partial charge in [0.2, 0.25) is 5.91 Å². The predicted octanol–water partition coefficient (Wildman–Crippen LogP) is 1.65. The summed E-state index contributed by atoms with van der Waals surface area (Å²) in [6.45, 7) is 6.18. The zero-order valence-corrected chi connectivity index (χ0v) is 11.6. The summed E-state index contributed by atoms with van der Waals surface area (Å²) in [5.41, 5.74) is 2.83. The van der Waals surface area contributed by atoms with Gasteiger partial charge in [0, 0.05) is 5.69 Å². The van der Waals surface area contributed by atoms with Crippen molar-refractivity contribution >= 4 is 17.6 Å². The molecule has 0 radical (unpaired) electrons. The van der Waals surface area contributed by atoms with E-state index in [4.69, 9.17) is 5.11 Å². The lowest BCUT2D eigenvalue weighted by Gasteiger charge is -2.18. The summed E-state index contributed by atoms with van der Waals surface area (Å²) in [7, 11) is 0. The molecule has 0 saturated carbocycles. The molecule has 1 amide bonds. The number of rotatable bonds is 6. The third-order valence-corrected chi connectivity index (χ3v) is 2.84. The lowest BCUT2D eigenvalue weighted by molar-refractivity contribution is -0.138. The van der Waals surface area contributed by atoms with Crippen LogP contribution in [0.5, 0.6) is 0 Å². The second-order valence-electron chi connectivity index (χ2n) is 4.56. The maximum Gasteiger partial charge on any atom is 0.317 e. The van der Waals surface area contributed by atoms with Gasteiger partial charge in [-0.3, -0.25) is 14.5 Å². The number of carboxylic acid groups (broad SMARTS) is 1. The number of carbonyl (C=O) groups excluding carboxylic acids is 1. The summed E-state index contributed by atoms with van der Waals surface area (Å²) in [4.78, 5) is 24.1. The van der Waals surface area contributed by atoms with Crippen LogP contribution < -0.4 is 5.32 Å². The third kappa shape index (κ3) is 5.09. The molecule has 19 heavy (non-hydrogen) atoms. The Bertz CT molecular complexity index is 472. The highest BCUT2D eigenvalue weighted by Crippen LogP contribution is 2.16. The standard InChI is InChI=1S/C14H20N2O3/c1-4-16(9-14(18)19)8-13(17)15-12-7-10(2)5-6-11(12)3/h5-7H,4,8-9H2,1-3H3,(H,15,17)(H,18,19). The smallest absolute Gasteiger partial charge is 0.317 e. The van der Waals surface area contributed by atoms with E-state index in [0.717, 1.165) is 16.8 Å². The van der Waals surface area contributed by atoms with E-state index in [1.165, 1.54) is 0 Å². The Kier molecular flexibility index (Phi) is 5.51. The molecule has 1 aromatic carbocycles. The van der Waals surface area contributed by atoms with E-state index in [1.54, 1.807) is 4.90 Å². The van der Waals surface area contributed by atoms with Crippen LogP contribution in [-0.4, -0.2) is 41.5 Å². The van der Waals surface area contributed by atoms with Crippen LogP contribution in [0.2, 0.25) is 0 Å². The number of hydrogen-bond donors (Lipinski definition) is 2. The van der Waals surface area contributed by atoms with Crippen molar-refractivity contribution in [3.8, 4) is 0 Å². The van der Waals surface area contributed by atoms with Crippen molar-refractivity contribution in [2.75, 3.05) is 25.0 Å². The second kappa shape index (κ2) is 6.89. The van der Waals surface area contributed by atoms with Gasteiger partial charge >= 0.3 is 5.97 Å². The molecule has 0 aliphatic heterocycles. The van der Waals surface area contributed by atoms with Crippen LogP contribution in [0, 0.1) is 13.8 Å². The van der Waals surface area contributed by atoms with Crippen molar-refractivity contribution < 1.29 is 14.7 Å². The Hall–Kier alpha value is -1.88. The Morgan fingerprint density at radius 2 is 1.95 bits per heavy atom. The maximum absolute atomic E-state index is 11.9. The molecule has 1 aromatic rings. The number of nitrogens with zero attached hydrogens (tertiary/aromatic N) is 1. The topological polar surface area (TPSA) is 69.6 Å². The molecule has 5 heteroatoms. The molecule has 0 unspecified atom stereocenters. The number of nitrogens with one attached hydrogen (secondary N) is 1. The summed E-state index contributed by atoms with van der Waals surface area (Å²) in [5, 5.41) is 11.5. The molecular formula is C14H20N2O3. The number of anilines is 1. The first-order valence-electron chi connectivity index (χ1n) is 6.23. The van der Waals surface area contributed by atoms with Gasteiger partial charge in [0.25, 0.3) is 0 Å². The molecule has 0 bridgehead atoms. The first-order chi connectivity index (χ1) is 8.92. The lowest BCUT2D eigenvalue weighted by Crippen LogP contribution is -2.36. The normalized spacial score (nSPS) is 10.5. The molecule has 0 saturated heterocycles. The number of carbonyl (C=O) groups is 2. The number of aryl methyl sites for hydroxylation is 2. The summed E-state index contributed by atoms with van der Waals surface area (Å²) >= 11 is 0. The van der Waals surface area contributed by atoms with Crippen LogP contribution in [-0.2, 0) is 9.59 Å². The van der Waals surface area contributed by atoms with E-state index in [2.05, 4.69) is 5.32 Å². The van der Waals surface area contributed by atoms with Crippen molar-refractivity contribution in [1.82, 2.24) is 4.90 Å². The maximum atomic E-state index is 11.9. The Morgan fingerprint density at radius 3 is 2.53 bits per heavy atom. The molecule has 0 aliphatic carbocycles. The molecular weight excluding hydrogens is 244 g/mol. The molecule has 2 N–H and O–H groups in total. The average molecular weight is 264 g/mol. The van der Waals surface area contributed by atoms with E-state index in [0.29, 0.717) is 6.54 Å². The molecule has 0 aliphatic rings. The number of aliphatic carboxylic acids is 1. The molecule has 1 rings (SSSR count). The Labute approximate surface area is 113 Å². The zero-order valence-electron chi connectivity index (χ0n) is 11.6. The van der Waals surface area contributed by atoms with Crippen LogP contribution in [0.3, 0.4) is 0 Å².